The highest BCUT2D eigenvalue weighted by molar-refractivity contribution is 6.30. The summed E-state index contributed by atoms with van der Waals surface area (Å²) in [6.45, 7) is 7.03. The van der Waals surface area contributed by atoms with E-state index in [-0.39, 0.29) is 22.8 Å². The maximum Gasteiger partial charge on any atom is 0.341 e. The fraction of sp³-hybridized carbons (Fsp3) is 0.512. The van der Waals surface area contributed by atoms with Crippen molar-refractivity contribution in [1.82, 2.24) is 4.90 Å². The smallest absolute Gasteiger partial charge is 0.341 e. The lowest BCUT2D eigenvalue weighted by molar-refractivity contribution is -0.181. The SMILES string of the molecule is COC(=O)c1c(C)cc2c(c1OCC(=O)N1CCCCC1)[C@]1(O)C(=O)c3cc4c(c(O)c3C(=O)[C@]1(OC)C(O)C2)C(=O)C=C(N)C4=O.COC1C[C@@H](C)CO[C@H]1C. The standard InChI is InChI=1S/C33H32N2O12.C8H16O2/c1-14-9-15-10-20(37)33(46-3)30(42)24-17(11-16-23(27(24)40)19(36)12-18(34)26(16)39)29(41)32(33,44)25(15)28(22(14)31(43)45-2)47-13-21(38)35-7-5-4-6-8-35;1-6-4-8(9-3)7(2)10-5-6/h9,11-12,20,37,40,44H,4-8,10,13,34H2,1-3H3;6-8H,4-5H2,1-3H3/t20?,32-,33+;6-,7+,8?/m01/s1. The number of nitrogens with zero attached hydrogens (tertiary/aromatic N) is 1. The number of ketones is 4. The first kappa shape index (κ1) is 41.6. The maximum absolute atomic E-state index is 14.7. The number of aryl methyl sites for hydroxylation is 1. The van der Waals surface area contributed by atoms with Crippen LogP contribution in [0, 0.1) is 12.8 Å². The summed E-state index contributed by atoms with van der Waals surface area (Å²) in [5.41, 5.74) is -3.67. The van der Waals surface area contributed by atoms with Crippen LogP contribution in [0.3, 0.4) is 0 Å². The van der Waals surface area contributed by atoms with Gasteiger partial charge < -0.3 is 49.6 Å². The molecule has 2 fully saturated rings. The predicted octanol–water partition coefficient (Wildman–Crippen LogP) is 2.12. The van der Waals surface area contributed by atoms with Crippen molar-refractivity contribution < 1.29 is 67.8 Å². The average Bonchev–Trinajstić information content (AvgIpc) is 3.18. The number of nitrogens with two attached hydrogens (primary N) is 1. The van der Waals surface area contributed by atoms with Crippen LogP contribution in [0.1, 0.15) is 108 Å². The van der Waals surface area contributed by atoms with Crippen molar-refractivity contribution in [1.29, 1.82) is 0 Å². The molecule has 2 unspecified atom stereocenters. The molecule has 306 valence electrons. The van der Waals surface area contributed by atoms with Gasteiger partial charge in [0.15, 0.2) is 23.6 Å². The third kappa shape index (κ3) is 6.52. The van der Waals surface area contributed by atoms with Crippen LogP contribution in [-0.2, 0) is 35.8 Å². The Balaban J connectivity index is 0.000000479. The molecule has 57 heavy (non-hydrogen) atoms. The zero-order valence-corrected chi connectivity index (χ0v) is 32.8. The molecule has 16 heteroatoms. The Labute approximate surface area is 328 Å². The topological polar surface area (TPSA) is 239 Å². The third-order valence-corrected chi connectivity index (χ3v) is 11.7. The van der Waals surface area contributed by atoms with Crippen LogP contribution in [0.25, 0.3) is 0 Å². The molecule has 5 aliphatic rings. The second-order valence-corrected chi connectivity index (χ2v) is 15.2. The number of ether oxygens (including phenoxy) is 5. The number of benzene rings is 2. The number of aromatic hydroxyl groups is 1. The van der Waals surface area contributed by atoms with Gasteiger partial charge in [0.25, 0.3) is 5.91 Å². The van der Waals surface area contributed by atoms with Crippen LogP contribution >= 0.6 is 0 Å². The van der Waals surface area contributed by atoms with Crippen molar-refractivity contribution in [3.63, 3.8) is 0 Å². The molecule has 0 radical (unpaired) electrons. The quantitative estimate of drug-likeness (QED) is 0.307. The van der Waals surface area contributed by atoms with E-state index in [0.29, 0.717) is 25.1 Å². The Morgan fingerprint density at radius 2 is 1.68 bits per heavy atom. The number of aliphatic hydroxyl groups excluding tert-OH is 1. The fourth-order valence-corrected chi connectivity index (χ4v) is 8.72. The highest BCUT2D eigenvalue weighted by Crippen LogP contribution is 2.57. The number of hydrogen-bond donors (Lipinski definition) is 4. The molecule has 0 saturated carbocycles. The van der Waals surface area contributed by atoms with E-state index < -0.39 is 110 Å². The van der Waals surface area contributed by atoms with Crippen molar-refractivity contribution in [2.24, 2.45) is 11.7 Å². The number of hydrogen-bond acceptors (Lipinski definition) is 15. The molecular weight excluding hydrogens is 744 g/mol. The second-order valence-electron chi connectivity index (χ2n) is 15.2. The number of rotatable bonds is 6. The summed E-state index contributed by atoms with van der Waals surface area (Å²) in [7, 11) is 3.80. The minimum atomic E-state index is -3.16. The summed E-state index contributed by atoms with van der Waals surface area (Å²) in [6.07, 6.45) is 2.68. The number of Topliss-reactive ketones (excluding diaryl/α,β-unsaturated/α-hetero) is 3. The predicted molar refractivity (Wildman–Crippen MR) is 199 cm³/mol. The zero-order valence-electron chi connectivity index (χ0n) is 32.8. The highest BCUT2D eigenvalue weighted by atomic mass is 16.5. The van der Waals surface area contributed by atoms with Gasteiger partial charge in [-0.25, -0.2) is 4.79 Å². The van der Waals surface area contributed by atoms with Crippen LogP contribution in [0.15, 0.2) is 23.9 Å². The number of allylic oxidation sites excluding steroid dienone is 2. The lowest BCUT2D eigenvalue weighted by Crippen LogP contribution is -2.73. The summed E-state index contributed by atoms with van der Waals surface area (Å²) < 4.78 is 27.3. The molecule has 16 nitrogen and oxygen atoms in total. The van der Waals surface area contributed by atoms with Gasteiger partial charge in [-0.3, -0.25) is 24.0 Å². The molecular formula is C41H48N2O14. The average molecular weight is 793 g/mol. The largest absolute Gasteiger partial charge is 0.506 e. The monoisotopic (exact) mass is 792 g/mol. The first-order chi connectivity index (χ1) is 27.0. The minimum absolute atomic E-state index is 0.0865. The van der Waals surface area contributed by atoms with Crippen molar-refractivity contribution in [3.8, 4) is 11.5 Å². The zero-order chi connectivity index (χ0) is 41.7. The number of methoxy groups -OCH3 is 3. The summed E-state index contributed by atoms with van der Waals surface area (Å²) in [5.74, 6) is -6.64. The van der Waals surface area contributed by atoms with E-state index in [0.717, 1.165) is 58.7 Å². The number of phenols is 1. The molecule has 0 aromatic heterocycles. The lowest BCUT2D eigenvalue weighted by Gasteiger charge is -2.53. The van der Waals surface area contributed by atoms with Gasteiger partial charge in [-0.2, -0.15) is 0 Å². The van der Waals surface area contributed by atoms with Gasteiger partial charge >= 0.3 is 5.97 Å². The van der Waals surface area contributed by atoms with Gasteiger partial charge in [-0.15, -0.1) is 0 Å². The summed E-state index contributed by atoms with van der Waals surface area (Å²) in [4.78, 5) is 82.9. The number of esters is 1. The number of carbonyl (C=O) groups is 6. The molecule has 2 saturated heterocycles. The highest BCUT2D eigenvalue weighted by Gasteiger charge is 2.73. The number of likely N-dealkylation sites (tertiary alicyclic amines) is 1. The molecule has 6 atom stereocenters. The molecule has 1 amide bonds. The number of amides is 1. The molecule has 2 aromatic rings. The van der Waals surface area contributed by atoms with E-state index in [1.54, 1.807) is 12.0 Å². The van der Waals surface area contributed by atoms with Crippen molar-refractivity contribution in [3.05, 3.63) is 68.4 Å². The molecule has 2 heterocycles. The van der Waals surface area contributed by atoms with Crippen LogP contribution in [0.5, 0.6) is 11.5 Å². The molecule has 3 aliphatic carbocycles. The number of carbonyl (C=O) groups excluding carboxylic acids is 6. The Kier molecular flexibility index (Phi) is 11.5. The number of phenolic OH excluding ortho intramolecular Hbond substituents is 1. The Bertz CT molecular complexity index is 2090. The van der Waals surface area contributed by atoms with Gasteiger partial charge in [0.1, 0.15) is 17.1 Å². The van der Waals surface area contributed by atoms with Crippen LogP contribution in [0.2, 0.25) is 0 Å². The van der Waals surface area contributed by atoms with Gasteiger partial charge in [0, 0.05) is 63.1 Å². The van der Waals surface area contributed by atoms with Gasteiger partial charge in [-0.05, 0) is 62.6 Å². The van der Waals surface area contributed by atoms with Crippen LogP contribution in [-0.4, -0.2) is 127 Å². The summed E-state index contributed by atoms with van der Waals surface area (Å²) in [5, 5.41) is 35.5. The fourth-order valence-electron chi connectivity index (χ4n) is 8.72. The third-order valence-electron chi connectivity index (χ3n) is 11.7. The molecule has 7 rings (SSSR count). The van der Waals surface area contributed by atoms with Crippen molar-refractivity contribution >= 4 is 35.0 Å². The first-order valence-corrected chi connectivity index (χ1v) is 18.8. The summed E-state index contributed by atoms with van der Waals surface area (Å²) >= 11 is 0. The molecule has 2 aliphatic heterocycles. The minimum Gasteiger partial charge on any atom is -0.506 e. The van der Waals surface area contributed by atoms with Gasteiger partial charge in [0.05, 0.1) is 42.2 Å². The number of piperidine rings is 1. The van der Waals surface area contributed by atoms with E-state index in [1.807, 2.05) is 0 Å². The summed E-state index contributed by atoms with van der Waals surface area (Å²) in [6, 6.07) is 2.28. The second kappa shape index (κ2) is 15.7. The Morgan fingerprint density at radius 3 is 2.30 bits per heavy atom. The number of fused-ring (bicyclic) bond motifs is 5. The van der Waals surface area contributed by atoms with Crippen molar-refractivity contribution in [2.45, 2.75) is 82.4 Å². The van der Waals surface area contributed by atoms with E-state index in [1.165, 1.54) is 13.0 Å². The van der Waals surface area contributed by atoms with Crippen LogP contribution < -0.4 is 10.5 Å². The van der Waals surface area contributed by atoms with E-state index in [9.17, 15) is 44.1 Å². The van der Waals surface area contributed by atoms with Crippen LogP contribution in [0.4, 0.5) is 0 Å². The van der Waals surface area contributed by atoms with E-state index in [2.05, 4.69) is 13.8 Å². The maximum atomic E-state index is 14.7. The molecule has 5 N–H and O–H groups in total. The lowest BCUT2D eigenvalue weighted by atomic mass is 9.56. The molecule has 0 spiro atoms. The van der Waals surface area contributed by atoms with Gasteiger partial charge in [0.2, 0.25) is 17.3 Å². The molecule has 2 aromatic carbocycles. The van der Waals surface area contributed by atoms with E-state index in [4.69, 9.17) is 29.4 Å². The van der Waals surface area contributed by atoms with E-state index >= 15 is 0 Å². The Morgan fingerprint density at radius 1 is 1.00 bits per heavy atom. The van der Waals surface area contributed by atoms with Gasteiger partial charge in [-0.1, -0.05) is 13.0 Å². The first-order valence-electron chi connectivity index (χ1n) is 18.8. The molecule has 0 bridgehead atoms. The normalized spacial score (nSPS) is 27.9. The van der Waals surface area contributed by atoms with Crippen molar-refractivity contribution in [2.75, 3.05) is 47.6 Å². The number of aliphatic hydroxyl groups is 2. The Hall–Kier alpha value is -5.00.